The van der Waals surface area contributed by atoms with Crippen molar-refractivity contribution >= 4 is 29.1 Å². The Balaban J connectivity index is 1.94. The maximum Gasteiger partial charge on any atom is 0.235 e. The summed E-state index contributed by atoms with van der Waals surface area (Å²) in [6.45, 7) is 1.79. The van der Waals surface area contributed by atoms with Crippen LogP contribution in [0.25, 0.3) is 0 Å². The molecule has 2 rings (SSSR count). The minimum absolute atomic E-state index is 0.0190. The second-order valence-corrected chi connectivity index (χ2v) is 6.65. The van der Waals surface area contributed by atoms with Gasteiger partial charge >= 0.3 is 0 Å². The molecule has 1 fully saturated rings. The third-order valence-corrected chi connectivity index (χ3v) is 4.74. The Morgan fingerprint density at radius 1 is 1.39 bits per heavy atom. The Morgan fingerprint density at radius 3 is 2.65 bits per heavy atom. The predicted molar refractivity (Wildman–Crippen MR) is 87.8 cm³/mol. The summed E-state index contributed by atoms with van der Waals surface area (Å²) in [5.41, 5.74) is -0.219. The minimum Gasteiger partial charge on any atom is -0.337 e. The molecule has 2 N–H and O–H groups in total. The Kier molecular flexibility index (Phi) is 5.85. The second kappa shape index (κ2) is 7.48. The van der Waals surface area contributed by atoms with Gasteiger partial charge in [0.15, 0.2) is 0 Å². The topological polar surface area (TPSA) is 64.9 Å². The van der Waals surface area contributed by atoms with Gasteiger partial charge in [0.25, 0.3) is 0 Å². The number of hydrogen-bond acceptors (Lipinski definition) is 3. The van der Waals surface area contributed by atoms with E-state index in [1.807, 2.05) is 0 Å². The highest BCUT2D eigenvalue weighted by Crippen LogP contribution is 2.29. The molecule has 7 heteroatoms. The molecule has 0 bridgehead atoms. The van der Waals surface area contributed by atoms with Crippen molar-refractivity contribution in [2.75, 3.05) is 6.54 Å². The molecule has 1 aliphatic carbocycles. The molecule has 0 unspecified atom stereocenters. The summed E-state index contributed by atoms with van der Waals surface area (Å²) in [7, 11) is 0. The van der Waals surface area contributed by atoms with E-state index in [0.29, 0.717) is 23.4 Å². The van der Waals surface area contributed by atoms with Gasteiger partial charge in [-0.15, -0.1) is 0 Å². The molecule has 0 radical (unpaired) electrons. The van der Waals surface area contributed by atoms with Crippen molar-refractivity contribution in [3.8, 4) is 6.07 Å². The monoisotopic (exact) mass is 357 g/mol. The Bertz CT molecular complexity index is 639. The van der Waals surface area contributed by atoms with Gasteiger partial charge in [-0.25, -0.2) is 4.39 Å². The van der Waals surface area contributed by atoms with Crippen LogP contribution in [0.15, 0.2) is 12.1 Å². The first-order valence-corrected chi connectivity index (χ1v) is 8.22. The number of benzene rings is 1. The van der Waals surface area contributed by atoms with Crippen molar-refractivity contribution < 1.29 is 9.18 Å². The van der Waals surface area contributed by atoms with Crippen LogP contribution in [-0.2, 0) is 4.79 Å². The molecular formula is C16H18Cl2FN3O. The van der Waals surface area contributed by atoms with Gasteiger partial charge in [0, 0.05) is 11.1 Å². The number of amides is 1. The SMILES string of the molecule is C[C@H](NCC(=O)NC1(C#N)CCCC1)c1cc(F)c(Cl)cc1Cl. The normalized spacial score (nSPS) is 17.5. The van der Waals surface area contributed by atoms with E-state index in [0.717, 1.165) is 12.8 Å². The third-order valence-electron chi connectivity index (χ3n) is 4.12. The quantitative estimate of drug-likeness (QED) is 0.789. The molecule has 1 atom stereocenters. The molecule has 0 spiro atoms. The first-order valence-electron chi connectivity index (χ1n) is 7.47. The number of nitrogens with zero attached hydrogens (tertiary/aromatic N) is 1. The lowest BCUT2D eigenvalue weighted by Crippen LogP contribution is -2.48. The van der Waals surface area contributed by atoms with E-state index < -0.39 is 11.4 Å². The summed E-state index contributed by atoms with van der Waals surface area (Å²) in [6, 6.07) is 4.47. The highest BCUT2D eigenvalue weighted by atomic mass is 35.5. The fraction of sp³-hybridized carbons (Fsp3) is 0.500. The van der Waals surface area contributed by atoms with Crippen molar-refractivity contribution in [1.29, 1.82) is 5.26 Å². The predicted octanol–water partition coefficient (Wildman–Crippen LogP) is 3.74. The summed E-state index contributed by atoms with van der Waals surface area (Å²) in [5.74, 6) is -0.815. The number of hydrogen-bond donors (Lipinski definition) is 2. The molecule has 1 aromatic carbocycles. The van der Waals surface area contributed by atoms with E-state index in [-0.39, 0.29) is 23.5 Å². The average Bonchev–Trinajstić information content (AvgIpc) is 2.97. The largest absolute Gasteiger partial charge is 0.337 e. The van der Waals surface area contributed by atoms with Gasteiger partial charge in [-0.3, -0.25) is 4.79 Å². The molecule has 0 heterocycles. The van der Waals surface area contributed by atoms with Crippen molar-refractivity contribution in [3.05, 3.63) is 33.6 Å². The van der Waals surface area contributed by atoms with E-state index in [1.54, 1.807) is 6.92 Å². The van der Waals surface area contributed by atoms with E-state index in [1.165, 1.54) is 12.1 Å². The highest BCUT2D eigenvalue weighted by molar-refractivity contribution is 6.35. The third kappa shape index (κ3) is 4.35. The second-order valence-electron chi connectivity index (χ2n) is 5.84. The summed E-state index contributed by atoms with van der Waals surface area (Å²) in [6.07, 6.45) is 3.24. The van der Waals surface area contributed by atoms with Gasteiger partial charge in [0.05, 0.1) is 17.6 Å². The van der Waals surface area contributed by atoms with Crippen molar-refractivity contribution in [2.45, 2.75) is 44.2 Å². The summed E-state index contributed by atoms with van der Waals surface area (Å²) < 4.78 is 13.6. The summed E-state index contributed by atoms with van der Waals surface area (Å²) in [5, 5.41) is 15.3. The zero-order valence-electron chi connectivity index (χ0n) is 12.8. The fourth-order valence-electron chi connectivity index (χ4n) is 2.78. The lowest BCUT2D eigenvalue weighted by molar-refractivity contribution is -0.121. The number of carbonyl (C=O) groups is 1. The number of carbonyl (C=O) groups excluding carboxylic acids is 1. The first-order chi connectivity index (χ1) is 10.9. The molecule has 0 aliphatic heterocycles. The highest BCUT2D eigenvalue weighted by Gasteiger charge is 2.35. The Hall–Kier alpha value is -1.35. The minimum atomic E-state index is -0.744. The van der Waals surface area contributed by atoms with Crippen molar-refractivity contribution in [1.82, 2.24) is 10.6 Å². The maximum atomic E-state index is 13.6. The molecule has 0 saturated heterocycles. The van der Waals surface area contributed by atoms with Gasteiger partial charge in [0.2, 0.25) is 5.91 Å². The Morgan fingerprint density at radius 2 is 2.04 bits per heavy atom. The zero-order chi connectivity index (χ0) is 17.0. The van der Waals surface area contributed by atoms with E-state index >= 15 is 0 Å². The molecule has 0 aromatic heterocycles. The van der Waals surface area contributed by atoms with E-state index in [4.69, 9.17) is 23.2 Å². The Labute approximate surface area is 145 Å². The molecule has 1 saturated carbocycles. The number of nitrogens with one attached hydrogen (secondary N) is 2. The smallest absolute Gasteiger partial charge is 0.235 e. The zero-order valence-corrected chi connectivity index (χ0v) is 14.3. The molecule has 1 aromatic rings. The summed E-state index contributed by atoms with van der Waals surface area (Å²) in [4.78, 5) is 12.1. The van der Waals surface area contributed by atoms with Crippen LogP contribution in [0.1, 0.15) is 44.2 Å². The lowest BCUT2D eigenvalue weighted by atomic mass is 10.00. The van der Waals surface area contributed by atoms with Gasteiger partial charge in [-0.2, -0.15) is 5.26 Å². The van der Waals surface area contributed by atoms with Crippen molar-refractivity contribution in [2.24, 2.45) is 0 Å². The summed E-state index contributed by atoms with van der Waals surface area (Å²) >= 11 is 11.7. The van der Waals surface area contributed by atoms with Crippen LogP contribution in [0.5, 0.6) is 0 Å². The number of rotatable bonds is 5. The van der Waals surface area contributed by atoms with Crippen LogP contribution in [0, 0.1) is 17.1 Å². The fourth-order valence-corrected chi connectivity index (χ4v) is 3.33. The molecule has 1 amide bonds. The van der Waals surface area contributed by atoms with E-state index in [9.17, 15) is 14.4 Å². The molecule has 4 nitrogen and oxygen atoms in total. The van der Waals surface area contributed by atoms with Crippen molar-refractivity contribution in [3.63, 3.8) is 0 Å². The standard InChI is InChI=1S/C16H18Cl2FN3O/c1-10(11-6-14(19)13(18)7-12(11)17)21-8-15(23)22-16(9-20)4-2-3-5-16/h6-7,10,21H,2-5,8H2,1H3,(H,22,23)/t10-/m0/s1. The number of nitriles is 1. The maximum absolute atomic E-state index is 13.6. The molecule has 1 aliphatic rings. The van der Waals surface area contributed by atoms with Gasteiger partial charge in [-0.1, -0.05) is 23.2 Å². The average molecular weight is 358 g/mol. The molecular weight excluding hydrogens is 340 g/mol. The van der Waals surface area contributed by atoms with Crippen LogP contribution in [0.2, 0.25) is 10.0 Å². The molecule has 124 valence electrons. The van der Waals surface area contributed by atoms with Gasteiger partial charge < -0.3 is 10.6 Å². The van der Waals surface area contributed by atoms with E-state index in [2.05, 4.69) is 16.7 Å². The van der Waals surface area contributed by atoms with Gasteiger partial charge in [0.1, 0.15) is 11.4 Å². The molecule has 23 heavy (non-hydrogen) atoms. The van der Waals surface area contributed by atoms with Crippen LogP contribution in [0.3, 0.4) is 0 Å². The van der Waals surface area contributed by atoms with Crippen LogP contribution >= 0.6 is 23.2 Å². The van der Waals surface area contributed by atoms with Gasteiger partial charge in [-0.05, 0) is 50.3 Å². The number of halogens is 3. The van der Waals surface area contributed by atoms with Crippen LogP contribution < -0.4 is 10.6 Å². The van der Waals surface area contributed by atoms with Crippen LogP contribution in [0.4, 0.5) is 4.39 Å². The lowest BCUT2D eigenvalue weighted by Gasteiger charge is -2.23. The first kappa shape index (κ1) is 18.0. The van der Waals surface area contributed by atoms with Crippen LogP contribution in [-0.4, -0.2) is 18.0 Å².